The van der Waals surface area contributed by atoms with Crippen LogP contribution < -0.4 is 0 Å². The van der Waals surface area contributed by atoms with Gasteiger partial charge in [-0.05, 0) is 112 Å². The maximum atomic E-state index is 12.3. The second-order valence-corrected chi connectivity index (χ2v) is 18.9. The predicted octanol–water partition coefficient (Wildman–Crippen LogP) is 14.0. The minimum atomic E-state index is 0.00731. The molecule has 2 atom stereocenters. The van der Waals surface area contributed by atoms with Gasteiger partial charge in [-0.1, -0.05) is 158 Å². The summed E-state index contributed by atoms with van der Waals surface area (Å²) in [7, 11) is 0. The zero-order valence-electron chi connectivity index (χ0n) is 37.0. The van der Waals surface area contributed by atoms with Gasteiger partial charge in [0.15, 0.2) is 0 Å². The number of carbonyl (C=O) groups is 2. The molecule has 1 aliphatic rings. The van der Waals surface area contributed by atoms with E-state index < -0.39 is 0 Å². The number of ether oxygens (including phenoxy) is 2. The van der Waals surface area contributed by atoms with Crippen molar-refractivity contribution in [2.45, 2.75) is 222 Å². The first-order valence-corrected chi connectivity index (χ1v) is 23.5. The summed E-state index contributed by atoms with van der Waals surface area (Å²) in [5, 5.41) is 0. The van der Waals surface area contributed by atoms with Gasteiger partial charge in [0.2, 0.25) is 0 Å². The Morgan fingerprint density at radius 1 is 0.453 bits per heavy atom. The van der Waals surface area contributed by atoms with Crippen LogP contribution in [-0.4, -0.2) is 49.7 Å². The van der Waals surface area contributed by atoms with Crippen LogP contribution in [0.1, 0.15) is 222 Å². The molecule has 0 aromatic carbocycles. The third-order valence-corrected chi connectivity index (χ3v) is 12.3. The van der Waals surface area contributed by atoms with E-state index in [0.717, 1.165) is 44.4 Å². The standard InChI is InChI=1S/C48H93NO4/c1-40(2)31-33-45(42(5)6)38-52-47(50)29-21-17-13-9-11-15-19-26-44(28-25-37-49-35-23-24-36-49)27-20-16-12-10-14-18-22-30-48(51)53-39-46(43(7)8)34-32-41(3)4/h40-46H,9-39H2,1-8H3. The van der Waals surface area contributed by atoms with E-state index >= 15 is 0 Å². The number of rotatable bonds is 36. The van der Waals surface area contributed by atoms with Crippen LogP contribution in [0.15, 0.2) is 0 Å². The maximum Gasteiger partial charge on any atom is 0.305 e. The smallest absolute Gasteiger partial charge is 0.305 e. The lowest BCUT2D eigenvalue weighted by molar-refractivity contribution is -0.146. The molecule has 314 valence electrons. The van der Waals surface area contributed by atoms with Gasteiger partial charge in [0.25, 0.3) is 0 Å². The van der Waals surface area contributed by atoms with Crippen molar-refractivity contribution < 1.29 is 19.1 Å². The summed E-state index contributed by atoms with van der Waals surface area (Å²) >= 11 is 0. The topological polar surface area (TPSA) is 55.8 Å². The Bertz CT molecular complexity index is 790. The van der Waals surface area contributed by atoms with Gasteiger partial charge in [0.1, 0.15) is 0 Å². The zero-order chi connectivity index (χ0) is 39.1. The highest BCUT2D eigenvalue weighted by atomic mass is 16.5. The Labute approximate surface area is 331 Å². The molecule has 0 aliphatic carbocycles. The minimum absolute atomic E-state index is 0.00731. The van der Waals surface area contributed by atoms with Crippen molar-refractivity contribution in [1.82, 2.24) is 4.90 Å². The fourth-order valence-electron chi connectivity index (χ4n) is 8.07. The number of nitrogens with zero attached hydrogens (tertiary/aromatic N) is 1. The molecule has 1 rings (SSSR count). The van der Waals surface area contributed by atoms with Crippen molar-refractivity contribution in [3.63, 3.8) is 0 Å². The van der Waals surface area contributed by atoms with Crippen molar-refractivity contribution in [2.75, 3.05) is 32.8 Å². The average molecular weight is 748 g/mol. The highest BCUT2D eigenvalue weighted by molar-refractivity contribution is 5.69. The maximum absolute atomic E-state index is 12.3. The summed E-state index contributed by atoms with van der Waals surface area (Å²) in [6, 6.07) is 0. The molecule has 0 aromatic heterocycles. The summed E-state index contributed by atoms with van der Waals surface area (Å²) in [5.74, 6) is 4.44. The van der Waals surface area contributed by atoms with Gasteiger partial charge in [-0.3, -0.25) is 9.59 Å². The zero-order valence-corrected chi connectivity index (χ0v) is 37.0. The van der Waals surface area contributed by atoms with Gasteiger partial charge in [-0.25, -0.2) is 0 Å². The molecule has 2 unspecified atom stereocenters. The number of hydrogen-bond donors (Lipinski definition) is 0. The van der Waals surface area contributed by atoms with E-state index in [9.17, 15) is 9.59 Å². The van der Waals surface area contributed by atoms with Crippen molar-refractivity contribution in [1.29, 1.82) is 0 Å². The van der Waals surface area contributed by atoms with E-state index in [1.807, 2.05) is 0 Å². The molecule has 53 heavy (non-hydrogen) atoms. The number of esters is 2. The summed E-state index contributed by atoms with van der Waals surface area (Å²) in [5.41, 5.74) is 0. The van der Waals surface area contributed by atoms with E-state index in [4.69, 9.17) is 9.47 Å². The van der Waals surface area contributed by atoms with Crippen LogP contribution in [0.2, 0.25) is 0 Å². The second kappa shape index (κ2) is 33.1. The quantitative estimate of drug-likeness (QED) is 0.0472. The third-order valence-electron chi connectivity index (χ3n) is 12.3. The van der Waals surface area contributed by atoms with Gasteiger partial charge in [-0.15, -0.1) is 0 Å². The molecular weight excluding hydrogens is 655 g/mol. The fourth-order valence-corrected chi connectivity index (χ4v) is 8.07. The number of likely N-dealkylation sites (tertiary alicyclic amines) is 1. The molecule has 1 aliphatic heterocycles. The van der Waals surface area contributed by atoms with Crippen LogP contribution in [0.5, 0.6) is 0 Å². The van der Waals surface area contributed by atoms with Crippen LogP contribution in [-0.2, 0) is 19.1 Å². The first kappa shape index (κ1) is 49.9. The predicted molar refractivity (Wildman–Crippen MR) is 228 cm³/mol. The first-order valence-electron chi connectivity index (χ1n) is 23.5. The van der Waals surface area contributed by atoms with Crippen LogP contribution in [0.4, 0.5) is 0 Å². The molecule has 0 aromatic rings. The third kappa shape index (κ3) is 29.8. The molecule has 5 nitrogen and oxygen atoms in total. The van der Waals surface area contributed by atoms with Crippen LogP contribution >= 0.6 is 0 Å². The molecule has 1 saturated heterocycles. The number of unbranched alkanes of at least 4 members (excludes halogenated alkanes) is 12. The van der Waals surface area contributed by atoms with Crippen molar-refractivity contribution in [3.05, 3.63) is 0 Å². The van der Waals surface area contributed by atoms with Gasteiger partial charge in [0.05, 0.1) is 13.2 Å². The van der Waals surface area contributed by atoms with Crippen LogP contribution in [0, 0.1) is 41.4 Å². The normalized spacial score (nSPS) is 15.5. The highest BCUT2D eigenvalue weighted by Crippen LogP contribution is 2.25. The van der Waals surface area contributed by atoms with Gasteiger partial charge in [0, 0.05) is 12.8 Å². The molecule has 1 fully saturated rings. The summed E-state index contributed by atoms with van der Waals surface area (Å²) in [6.07, 6.45) is 31.8. The molecular formula is C48H93NO4. The van der Waals surface area contributed by atoms with Crippen molar-refractivity contribution in [2.24, 2.45) is 41.4 Å². The van der Waals surface area contributed by atoms with Crippen LogP contribution in [0.3, 0.4) is 0 Å². The highest BCUT2D eigenvalue weighted by Gasteiger charge is 2.18. The van der Waals surface area contributed by atoms with E-state index in [1.54, 1.807) is 0 Å². The number of hydrogen-bond acceptors (Lipinski definition) is 5. The Hall–Kier alpha value is -1.10. The number of carbonyl (C=O) groups excluding carboxylic acids is 2. The molecule has 0 radical (unpaired) electrons. The van der Waals surface area contributed by atoms with E-state index in [0.29, 0.717) is 61.6 Å². The molecule has 0 N–H and O–H groups in total. The molecule has 0 bridgehead atoms. The lowest BCUT2D eigenvalue weighted by Gasteiger charge is -2.21. The minimum Gasteiger partial charge on any atom is -0.465 e. The van der Waals surface area contributed by atoms with Gasteiger partial charge >= 0.3 is 11.9 Å². The second-order valence-electron chi connectivity index (χ2n) is 18.9. The largest absolute Gasteiger partial charge is 0.465 e. The molecule has 0 spiro atoms. The molecule has 5 heteroatoms. The lowest BCUT2D eigenvalue weighted by atomic mass is 9.89. The monoisotopic (exact) mass is 748 g/mol. The SMILES string of the molecule is CC(C)CCC(COC(=O)CCCCCCCCCC(CCCCCCCCCC(=O)OCC(CCC(C)C)C(C)C)CCCN1CCCC1)C(C)C. The Kier molecular flexibility index (Phi) is 31.2. The fraction of sp³-hybridized carbons (Fsp3) is 0.958. The lowest BCUT2D eigenvalue weighted by Crippen LogP contribution is -2.21. The van der Waals surface area contributed by atoms with Gasteiger partial charge in [-0.2, -0.15) is 0 Å². The summed E-state index contributed by atoms with van der Waals surface area (Å²) in [4.78, 5) is 27.3. The van der Waals surface area contributed by atoms with Crippen molar-refractivity contribution in [3.8, 4) is 0 Å². The molecule has 0 amide bonds. The van der Waals surface area contributed by atoms with E-state index in [1.165, 1.54) is 135 Å². The Morgan fingerprint density at radius 2 is 0.811 bits per heavy atom. The van der Waals surface area contributed by atoms with Crippen molar-refractivity contribution >= 4 is 11.9 Å². The molecule has 0 saturated carbocycles. The molecule has 1 heterocycles. The summed E-state index contributed by atoms with van der Waals surface area (Å²) < 4.78 is 11.4. The Morgan fingerprint density at radius 3 is 1.19 bits per heavy atom. The first-order chi connectivity index (χ1) is 25.5. The summed E-state index contributed by atoms with van der Waals surface area (Å²) in [6.45, 7) is 23.2. The van der Waals surface area contributed by atoms with Crippen LogP contribution in [0.25, 0.3) is 0 Å². The average Bonchev–Trinajstić information content (AvgIpc) is 3.62. The Balaban J connectivity index is 2.15. The van der Waals surface area contributed by atoms with Gasteiger partial charge < -0.3 is 14.4 Å². The van der Waals surface area contributed by atoms with E-state index in [-0.39, 0.29) is 11.9 Å². The van der Waals surface area contributed by atoms with E-state index in [2.05, 4.69) is 60.3 Å².